The third kappa shape index (κ3) is 4.01. The number of phenolic OH excluding ortho intramolecular Hbond substituents is 1. The Kier molecular flexibility index (Phi) is 5.79. The topological polar surface area (TPSA) is 60.8 Å². The van der Waals surface area contributed by atoms with Crippen LogP contribution in [-0.2, 0) is 16.8 Å². The zero-order valence-corrected chi connectivity index (χ0v) is 18.7. The van der Waals surface area contributed by atoms with Gasteiger partial charge in [0, 0.05) is 18.3 Å². The SMILES string of the molecule is CC(C)c1cccc(N2CCc3cc(O)ccc3C2(C)c2ccc(/C=C/C(=O)O)cc2)c1. The number of aromatic hydroxyl groups is 1. The van der Waals surface area contributed by atoms with Crippen LogP contribution in [0.15, 0.2) is 72.8 Å². The third-order valence-corrected chi connectivity index (χ3v) is 6.50. The molecule has 0 aromatic heterocycles. The van der Waals surface area contributed by atoms with Crippen LogP contribution in [0.2, 0.25) is 0 Å². The summed E-state index contributed by atoms with van der Waals surface area (Å²) in [7, 11) is 0. The molecule has 3 aromatic carbocycles. The first-order valence-corrected chi connectivity index (χ1v) is 11.0. The third-order valence-electron chi connectivity index (χ3n) is 6.50. The molecule has 1 aliphatic heterocycles. The molecular weight excluding hydrogens is 398 g/mol. The number of fused-ring (bicyclic) bond motifs is 1. The quantitative estimate of drug-likeness (QED) is 0.495. The van der Waals surface area contributed by atoms with Crippen molar-refractivity contribution < 1.29 is 15.0 Å². The molecule has 2 N–H and O–H groups in total. The minimum atomic E-state index is -0.960. The summed E-state index contributed by atoms with van der Waals surface area (Å²) >= 11 is 0. The maximum Gasteiger partial charge on any atom is 0.328 e. The van der Waals surface area contributed by atoms with Crippen molar-refractivity contribution in [1.29, 1.82) is 0 Å². The summed E-state index contributed by atoms with van der Waals surface area (Å²) in [6, 6.07) is 22.5. The molecule has 164 valence electrons. The van der Waals surface area contributed by atoms with Gasteiger partial charge in [0.25, 0.3) is 0 Å². The van der Waals surface area contributed by atoms with E-state index in [2.05, 4.69) is 62.1 Å². The number of carboxylic acids is 1. The largest absolute Gasteiger partial charge is 0.508 e. The monoisotopic (exact) mass is 427 g/mol. The number of anilines is 1. The molecule has 3 aromatic rings. The Hall–Kier alpha value is -3.53. The normalized spacial score (nSPS) is 18.2. The molecule has 1 unspecified atom stereocenters. The van der Waals surface area contributed by atoms with Gasteiger partial charge in [-0.25, -0.2) is 4.79 Å². The molecule has 0 saturated carbocycles. The molecule has 0 bridgehead atoms. The van der Waals surface area contributed by atoms with Gasteiger partial charge in [-0.05, 0) is 77.4 Å². The number of aliphatic carboxylic acids is 1. The second-order valence-corrected chi connectivity index (χ2v) is 8.86. The Morgan fingerprint density at radius 3 is 2.50 bits per heavy atom. The first kappa shape index (κ1) is 21.7. The van der Waals surface area contributed by atoms with E-state index in [4.69, 9.17) is 5.11 Å². The van der Waals surface area contributed by atoms with Crippen molar-refractivity contribution in [1.82, 2.24) is 0 Å². The molecule has 1 heterocycles. The molecule has 0 spiro atoms. The molecular formula is C28H29NO3. The van der Waals surface area contributed by atoms with Crippen LogP contribution in [0.3, 0.4) is 0 Å². The van der Waals surface area contributed by atoms with Crippen LogP contribution in [0.5, 0.6) is 5.75 Å². The van der Waals surface area contributed by atoms with Crippen molar-refractivity contribution in [2.24, 2.45) is 0 Å². The van der Waals surface area contributed by atoms with Crippen molar-refractivity contribution in [2.75, 3.05) is 11.4 Å². The van der Waals surface area contributed by atoms with Gasteiger partial charge in [0.15, 0.2) is 0 Å². The maximum absolute atomic E-state index is 10.9. The van der Waals surface area contributed by atoms with Gasteiger partial charge in [0.05, 0.1) is 5.54 Å². The van der Waals surface area contributed by atoms with Gasteiger partial charge < -0.3 is 15.1 Å². The van der Waals surface area contributed by atoms with Gasteiger partial charge in [-0.2, -0.15) is 0 Å². The minimum absolute atomic E-state index is 0.288. The summed E-state index contributed by atoms with van der Waals surface area (Å²) in [6.45, 7) is 7.47. The van der Waals surface area contributed by atoms with Crippen molar-refractivity contribution in [3.05, 3.63) is 101 Å². The van der Waals surface area contributed by atoms with Crippen molar-refractivity contribution in [3.63, 3.8) is 0 Å². The van der Waals surface area contributed by atoms with Crippen LogP contribution < -0.4 is 4.90 Å². The molecule has 4 nitrogen and oxygen atoms in total. The standard InChI is InChI=1S/C28H29NO3/c1-19(2)21-5-4-6-24(17-21)29-16-15-22-18-25(30)12-13-26(22)28(29,3)23-10-7-20(8-11-23)9-14-27(31)32/h4-14,17-19,30H,15-16H2,1-3H3,(H,31,32)/b14-9+. The molecule has 4 heteroatoms. The summed E-state index contributed by atoms with van der Waals surface area (Å²) in [4.78, 5) is 13.3. The fourth-order valence-electron chi connectivity index (χ4n) is 4.70. The smallest absolute Gasteiger partial charge is 0.328 e. The predicted octanol–water partition coefficient (Wildman–Crippen LogP) is 5.94. The Morgan fingerprint density at radius 1 is 1.06 bits per heavy atom. The van der Waals surface area contributed by atoms with E-state index in [0.29, 0.717) is 5.92 Å². The fraction of sp³-hybridized carbons (Fsp3) is 0.250. The number of phenols is 1. The number of hydrogen-bond acceptors (Lipinski definition) is 3. The second-order valence-electron chi connectivity index (χ2n) is 8.86. The van der Waals surface area contributed by atoms with Gasteiger partial charge in [0.1, 0.15) is 5.75 Å². The molecule has 0 aliphatic carbocycles. The van der Waals surface area contributed by atoms with Crippen molar-refractivity contribution >= 4 is 17.7 Å². The molecule has 4 rings (SSSR count). The highest BCUT2D eigenvalue weighted by atomic mass is 16.4. The Labute approximate surface area is 189 Å². The number of carboxylic acid groups (broad SMARTS) is 1. The zero-order valence-electron chi connectivity index (χ0n) is 18.7. The molecule has 1 aliphatic rings. The lowest BCUT2D eigenvalue weighted by molar-refractivity contribution is -0.131. The number of rotatable bonds is 5. The van der Waals surface area contributed by atoms with E-state index in [9.17, 15) is 9.90 Å². The lowest BCUT2D eigenvalue weighted by atomic mass is 9.76. The van der Waals surface area contributed by atoms with Gasteiger partial charge in [0.2, 0.25) is 0 Å². The predicted molar refractivity (Wildman–Crippen MR) is 129 cm³/mol. The van der Waals surface area contributed by atoms with Crippen molar-refractivity contribution in [2.45, 2.75) is 38.6 Å². The summed E-state index contributed by atoms with van der Waals surface area (Å²) in [5.74, 6) is -0.232. The summed E-state index contributed by atoms with van der Waals surface area (Å²) in [6.07, 6.45) is 3.61. The molecule has 0 radical (unpaired) electrons. The lowest BCUT2D eigenvalue weighted by Gasteiger charge is -2.48. The Bertz CT molecular complexity index is 1160. The van der Waals surface area contributed by atoms with Gasteiger partial charge >= 0.3 is 5.97 Å². The average molecular weight is 428 g/mol. The molecule has 0 fully saturated rings. The number of benzene rings is 3. The van der Waals surface area contributed by atoms with E-state index in [1.54, 1.807) is 12.1 Å². The first-order chi connectivity index (χ1) is 15.3. The number of nitrogens with zero attached hydrogens (tertiary/aromatic N) is 1. The highest BCUT2D eigenvalue weighted by Crippen LogP contribution is 2.44. The highest BCUT2D eigenvalue weighted by molar-refractivity contribution is 5.85. The van der Waals surface area contributed by atoms with E-state index in [0.717, 1.165) is 35.7 Å². The molecule has 32 heavy (non-hydrogen) atoms. The van der Waals surface area contributed by atoms with E-state index in [1.807, 2.05) is 24.3 Å². The highest BCUT2D eigenvalue weighted by Gasteiger charge is 2.40. The van der Waals surface area contributed by atoms with Crippen LogP contribution >= 0.6 is 0 Å². The van der Waals surface area contributed by atoms with Crippen LogP contribution in [0, 0.1) is 0 Å². The van der Waals surface area contributed by atoms with E-state index in [1.165, 1.54) is 16.8 Å². The molecule has 0 amide bonds. The van der Waals surface area contributed by atoms with E-state index in [-0.39, 0.29) is 5.75 Å². The van der Waals surface area contributed by atoms with Gasteiger partial charge in [-0.3, -0.25) is 0 Å². The maximum atomic E-state index is 10.9. The van der Waals surface area contributed by atoms with Crippen molar-refractivity contribution in [3.8, 4) is 5.75 Å². The van der Waals surface area contributed by atoms with Gasteiger partial charge in [-0.1, -0.05) is 56.3 Å². The summed E-state index contributed by atoms with van der Waals surface area (Å²) in [5.41, 5.74) is 6.32. The van der Waals surface area contributed by atoms with Crippen LogP contribution in [0.4, 0.5) is 5.69 Å². The number of hydrogen-bond donors (Lipinski definition) is 2. The average Bonchev–Trinajstić information content (AvgIpc) is 2.78. The molecule has 1 atom stereocenters. The van der Waals surface area contributed by atoms with Crippen LogP contribution in [0.25, 0.3) is 6.08 Å². The van der Waals surface area contributed by atoms with E-state index < -0.39 is 11.5 Å². The number of carbonyl (C=O) groups is 1. The molecule has 0 saturated heterocycles. The van der Waals surface area contributed by atoms with Crippen LogP contribution in [-0.4, -0.2) is 22.7 Å². The minimum Gasteiger partial charge on any atom is -0.508 e. The Morgan fingerprint density at radius 2 is 1.81 bits per heavy atom. The van der Waals surface area contributed by atoms with E-state index >= 15 is 0 Å². The Balaban J connectivity index is 1.85. The first-order valence-electron chi connectivity index (χ1n) is 11.0. The van der Waals surface area contributed by atoms with Gasteiger partial charge in [-0.15, -0.1) is 0 Å². The fourth-order valence-corrected chi connectivity index (χ4v) is 4.70. The van der Waals surface area contributed by atoms with Crippen LogP contribution in [0.1, 0.15) is 54.5 Å². The lowest BCUT2D eigenvalue weighted by Crippen LogP contribution is -2.49. The zero-order chi connectivity index (χ0) is 22.9. The summed E-state index contributed by atoms with van der Waals surface area (Å²) in [5, 5.41) is 19.0. The second kappa shape index (κ2) is 8.54. The summed E-state index contributed by atoms with van der Waals surface area (Å²) < 4.78 is 0.